The number of rotatable bonds is 6. The van der Waals surface area contributed by atoms with E-state index in [9.17, 15) is 0 Å². The highest BCUT2D eigenvalue weighted by Crippen LogP contribution is 2.35. The third-order valence-corrected chi connectivity index (χ3v) is 7.21. The maximum absolute atomic E-state index is 5.97. The van der Waals surface area contributed by atoms with Gasteiger partial charge in [0.05, 0.1) is 0 Å². The van der Waals surface area contributed by atoms with E-state index < -0.39 is 0 Å². The van der Waals surface area contributed by atoms with Crippen LogP contribution >= 0.6 is 12.2 Å². The van der Waals surface area contributed by atoms with Crippen molar-refractivity contribution in [2.24, 2.45) is 0 Å². The van der Waals surface area contributed by atoms with E-state index in [2.05, 4.69) is 145 Å². The summed E-state index contributed by atoms with van der Waals surface area (Å²) in [6.07, 6.45) is 4.46. The Morgan fingerprint density at radius 1 is 0.500 bits per heavy atom. The van der Waals surface area contributed by atoms with Crippen LogP contribution in [-0.2, 0) is 10.8 Å². The summed E-state index contributed by atoms with van der Waals surface area (Å²) >= 11 is 5.97. The molecular formula is C37H38S. The Morgan fingerprint density at radius 2 is 0.921 bits per heavy atom. The predicted molar refractivity (Wildman–Crippen MR) is 171 cm³/mol. The molecule has 0 saturated carbocycles. The van der Waals surface area contributed by atoms with Gasteiger partial charge < -0.3 is 0 Å². The van der Waals surface area contributed by atoms with Crippen molar-refractivity contribution in [3.05, 3.63) is 149 Å². The molecule has 0 radical (unpaired) electrons. The molecule has 1 heteroatoms. The Bertz CT molecular complexity index is 1420. The summed E-state index contributed by atoms with van der Waals surface area (Å²) in [6.45, 7) is 13.5. The van der Waals surface area contributed by atoms with Gasteiger partial charge in [-0.2, -0.15) is 0 Å². The first-order valence-corrected chi connectivity index (χ1v) is 13.7. The molecule has 0 amide bonds. The van der Waals surface area contributed by atoms with Crippen molar-refractivity contribution >= 4 is 34.3 Å². The van der Waals surface area contributed by atoms with Gasteiger partial charge >= 0.3 is 0 Å². The van der Waals surface area contributed by atoms with Crippen molar-refractivity contribution in [3.63, 3.8) is 0 Å². The lowest BCUT2D eigenvalue weighted by molar-refractivity contribution is 0.590. The van der Waals surface area contributed by atoms with Gasteiger partial charge in [-0.05, 0) is 67.5 Å². The summed E-state index contributed by atoms with van der Waals surface area (Å²) in [4.78, 5) is 0.824. The summed E-state index contributed by atoms with van der Waals surface area (Å²) in [6, 6.07) is 38.8. The van der Waals surface area contributed by atoms with Gasteiger partial charge in [0.1, 0.15) is 0 Å². The van der Waals surface area contributed by atoms with Crippen LogP contribution in [0.3, 0.4) is 0 Å². The third kappa shape index (κ3) is 6.85. The van der Waals surface area contributed by atoms with Crippen LogP contribution in [-0.4, -0.2) is 4.86 Å². The van der Waals surface area contributed by atoms with Gasteiger partial charge in [-0.1, -0.05) is 163 Å². The number of benzene rings is 4. The Hall–Kier alpha value is -3.55. The summed E-state index contributed by atoms with van der Waals surface area (Å²) in [5, 5.41) is 0. The molecule has 0 unspecified atom stereocenters. The van der Waals surface area contributed by atoms with E-state index in [0.29, 0.717) is 0 Å². The highest BCUT2D eigenvalue weighted by Gasteiger charge is 2.17. The quantitative estimate of drug-likeness (QED) is 0.0810. The molecule has 0 heterocycles. The van der Waals surface area contributed by atoms with Crippen LogP contribution in [0.5, 0.6) is 0 Å². The summed E-state index contributed by atoms with van der Waals surface area (Å²) in [5.41, 5.74) is 9.64. The zero-order valence-corrected chi connectivity index (χ0v) is 24.3. The molecule has 0 aliphatic heterocycles. The van der Waals surface area contributed by atoms with Crippen molar-refractivity contribution in [1.29, 1.82) is 0 Å². The van der Waals surface area contributed by atoms with Crippen LogP contribution in [0.15, 0.2) is 115 Å². The van der Waals surface area contributed by atoms with Gasteiger partial charge in [-0.25, -0.2) is 0 Å². The molecular weight excluding hydrogens is 476 g/mol. The Morgan fingerprint density at radius 3 is 1.39 bits per heavy atom. The lowest BCUT2D eigenvalue weighted by Gasteiger charge is -2.21. The lowest BCUT2D eigenvalue weighted by Crippen LogP contribution is -2.10. The minimum Gasteiger partial charge on any atom is -0.0794 e. The highest BCUT2D eigenvalue weighted by molar-refractivity contribution is 7.81. The summed E-state index contributed by atoms with van der Waals surface area (Å²) in [5.74, 6) is 0. The molecule has 192 valence electrons. The standard InChI is InChI=1S/C37H38S/c1-36(2,3)31-21-17-27(18-22-31)25-33(28-13-9-7-10-14-28)34(26-35(38)30-15-11-8-12-16-30)29-19-23-32(24-20-29)37(4,5)6/h7-26H,1-6H3/b33-25+,34-26-. The monoisotopic (exact) mass is 514 g/mol. The van der Waals surface area contributed by atoms with Crippen LogP contribution in [0, 0.1) is 0 Å². The molecule has 0 fully saturated rings. The van der Waals surface area contributed by atoms with E-state index in [0.717, 1.165) is 32.7 Å². The largest absolute Gasteiger partial charge is 0.0794 e. The van der Waals surface area contributed by atoms with Crippen molar-refractivity contribution < 1.29 is 0 Å². The average Bonchev–Trinajstić information content (AvgIpc) is 2.91. The summed E-state index contributed by atoms with van der Waals surface area (Å²) < 4.78 is 0. The van der Waals surface area contributed by atoms with Gasteiger partial charge in [-0.15, -0.1) is 0 Å². The second-order valence-corrected chi connectivity index (χ2v) is 12.4. The molecule has 4 aromatic carbocycles. The number of thiocarbonyl (C=S) groups is 1. The van der Waals surface area contributed by atoms with Crippen molar-refractivity contribution in [3.8, 4) is 0 Å². The SMILES string of the molecule is CC(C)(C)c1ccc(/C=C(/C(=C\C(=S)c2ccccc2)c2ccc(C(C)(C)C)cc2)c2ccccc2)cc1. The van der Waals surface area contributed by atoms with E-state index in [-0.39, 0.29) is 10.8 Å². The van der Waals surface area contributed by atoms with Crippen molar-refractivity contribution in [1.82, 2.24) is 0 Å². The normalized spacial score (nSPS) is 12.9. The van der Waals surface area contributed by atoms with Gasteiger partial charge in [0, 0.05) is 4.86 Å². The maximum Gasteiger partial charge on any atom is 0.0455 e. The number of allylic oxidation sites excluding steroid dienone is 3. The third-order valence-electron chi connectivity index (χ3n) is 6.86. The number of hydrogen-bond donors (Lipinski definition) is 0. The van der Waals surface area contributed by atoms with Crippen LogP contribution < -0.4 is 0 Å². The minimum absolute atomic E-state index is 0.0919. The molecule has 0 nitrogen and oxygen atoms in total. The second-order valence-electron chi connectivity index (χ2n) is 11.9. The fraction of sp³-hybridized carbons (Fsp3) is 0.216. The minimum atomic E-state index is 0.0919. The molecule has 0 saturated heterocycles. The molecule has 4 rings (SSSR count). The smallest absolute Gasteiger partial charge is 0.0455 e. The molecule has 4 aromatic rings. The van der Waals surface area contributed by atoms with E-state index in [1.165, 1.54) is 16.7 Å². The van der Waals surface area contributed by atoms with Crippen LogP contribution in [0.25, 0.3) is 17.2 Å². The predicted octanol–water partition coefficient (Wildman–Crippen LogP) is 10.3. The first-order valence-electron chi connectivity index (χ1n) is 13.3. The average molecular weight is 515 g/mol. The molecule has 0 atom stereocenters. The van der Waals surface area contributed by atoms with Crippen LogP contribution in [0.4, 0.5) is 0 Å². The Balaban J connectivity index is 1.91. The first kappa shape index (κ1) is 27.5. The van der Waals surface area contributed by atoms with E-state index >= 15 is 0 Å². The zero-order valence-electron chi connectivity index (χ0n) is 23.5. The summed E-state index contributed by atoms with van der Waals surface area (Å²) in [7, 11) is 0. The fourth-order valence-corrected chi connectivity index (χ4v) is 4.72. The van der Waals surface area contributed by atoms with Crippen molar-refractivity contribution in [2.45, 2.75) is 52.4 Å². The molecule has 0 bridgehead atoms. The molecule has 0 aliphatic rings. The first-order chi connectivity index (χ1) is 18.0. The molecule has 0 N–H and O–H groups in total. The second kappa shape index (κ2) is 11.5. The van der Waals surface area contributed by atoms with E-state index in [1.807, 2.05) is 18.2 Å². The molecule has 0 aromatic heterocycles. The number of hydrogen-bond acceptors (Lipinski definition) is 1. The highest BCUT2D eigenvalue weighted by atomic mass is 32.1. The van der Waals surface area contributed by atoms with Gasteiger partial charge in [-0.3, -0.25) is 0 Å². The van der Waals surface area contributed by atoms with Crippen molar-refractivity contribution in [2.75, 3.05) is 0 Å². The van der Waals surface area contributed by atoms with Crippen LogP contribution in [0.1, 0.15) is 74.9 Å². The van der Waals surface area contributed by atoms with Gasteiger partial charge in [0.2, 0.25) is 0 Å². The van der Waals surface area contributed by atoms with Gasteiger partial charge in [0.15, 0.2) is 0 Å². The topological polar surface area (TPSA) is 0 Å². The zero-order chi connectivity index (χ0) is 27.3. The van der Waals surface area contributed by atoms with Crippen LogP contribution in [0.2, 0.25) is 0 Å². The fourth-order valence-electron chi connectivity index (χ4n) is 4.46. The molecule has 38 heavy (non-hydrogen) atoms. The molecule has 0 aliphatic carbocycles. The van der Waals surface area contributed by atoms with E-state index in [4.69, 9.17) is 12.2 Å². The van der Waals surface area contributed by atoms with Gasteiger partial charge in [0.25, 0.3) is 0 Å². The molecule has 0 spiro atoms. The Labute approximate surface area is 234 Å². The Kier molecular flexibility index (Phi) is 8.29. The van der Waals surface area contributed by atoms with E-state index in [1.54, 1.807) is 0 Å². The maximum atomic E-state index is 5.97. The lowest BCUT2D eigenvalue weighted by atomic mass is 9.84.